The Labute approximate surface area is 132 Å². The highest BCUT2D eigenvalue weighted by atomic mass is 28.4. The SMILES string of the molecule is CC(C)(C)[Si](C)(C)OC1CNc2cc(NC(=O)O)cnc2C1. The van der Waals surface area contributed by atoms with E-state index >= 15 is 0 Å². The first kappa shape index (κ1) is 16.8. The third kappa shape index (κ3) is 3.78. The molecule has 1 aromatic heterocycles. The highest BCUT2D eigenvalue weighted by Gasteiger charge is 2.39. The van der Waals surface area contributed by atoms with Gasteiger partial charge in [0, 0.05) is 13.0 Å². The normalized spacial score (nSPS) is 18.3. The minimum absolute atomic E-state index is 0.110. The van der Waals surface area contributed by atoms with Crippen molar-refractivity contribution in [3.8, 4) is 0 Å². The average Bonchev–Trinajstić information content (AvgIpc) is 2.36. The first-order chi connectivity index (χ1) is 10.1. The largest absolute Gasteiger partial charge is 0.465 e. The molecule has 3 N–H and O–H groups in total. The van der Waals surface area contributed by atoms with E-state index in [2.05, 4.69) is 49.5 Å². The predicted octanol–water partition coefficient (Wildman–Crippen LogP) is 3.53. The Kier molecular flexibility index (Phi) is 4.48. The summed E-state index contributed by atoms with van der Waals surface area (Å²) in [5, 5.41) is 14.5. The lowest BCUT2D eigenvalue weighted by molar-refractivity contribution is 0.188. The van der Waals surface area contributed by atoms with E-state index in [0.717, 1.165) is 24.3 Å². The summed E-state index contributed by atoms with van der Waals surface area (Å²) in [5.41, 5.74) is 2.27. The lowest BCUT2D eigenvalue weighted by Crippen LogP contribution is -2.47. The van der Waals surface area contributed by atoms with E-state index in [1.165, 1.54) is 0 Å². The molecular weight excluding hydrogens is 298 g/mol. The third-order valence-electron chi connectivity index (χ3n) is 4.43. The van der Waals surface area contributed by atoms with Crippen molar-refractivity contribution in [2.45, 2.75) is 51.4 Å². The summed E-state index contributed by atoms with van der Waals surface area (Å²) in [6.45, 7) is 11.9. The van der Waals surface area contributed by atoms with Gasteiger partial charge in [0.15, 0.2) is 8.32 Å². The maximum Gasteiger partial charge on any atom is 0.409 e. The minimum atomic E-state index is -1.80. The smallest absolute Gasteiger partial charge is 0.409 e. The van der Waals surface area contributed by atoms with Crippen LogP contribution in [0.15, 0.2) is 12.3 Å². The van der Waals surface area contributed by atoms with Crippen molar-refractivity contribution in [2.75, 3.05) is 17.2 Å². The number of rotatable bonds is 3. The Balaban J connectivity index is 2.08. The summed E-state index contributed by atoms with van der Waals surface area (Å²) >= 11 is 0. The Bertz CT molecular complexity index is 570. The van der Waals surface area contributed by atoms with Crippen molar-refractivity contribution in [1.82, 2.24) is 4.98 Å². The zero-order valence-electron chi connectivity index (χ0n) is 13.9. The van der Waals surface area contributed by atoms with Crippen molar-refractivity contribution in [2.24, 2.45) is 0 Å². The van der Waals surface area contributed by atoms with Gasteiger partial charge in [-0.3, -0.25) is 10.3 Å². The number of fused-ring (bicyclic) bond motifs is 1. The highest BCUT2D eigenvalue weighted by Crippen LogP contribution is 2.38. The van der Waals surface area contributed by atoms with Gasteiger partial charge < -0.3 is 14.8 Å². The van der Waals surface area contributed by atoms with Gasteiger partial charge >= 0.3 is 6.09 Å². The molecule has 0 saturated heterocycles. The number of nitrogens with zero attached hydrogens (tertiary/aromatic N) is 1. The van der Waals surface area contributed by atoms with E-state index in [0.29, 0.717) is 5.69 Å². The number of anilines is 2. The van der Waals surface area contributed by atoms with Gasteiger partial charge in [0.2, 0.25) is 0 Å². The second kappa shape index (κ2) is 5.89. The topological polar surface area (TPSA) is 83.5 Å². The summed E-state index contributed by atoms with van der Waals surface area (Å²) in [4.78, 5) is 15.0. The number of hydrogen-bond donors (Lipinski definition) is 3. The first-order valence-corrected chi connectivity index (χ1v) is 10.4. The second-order valence-electron chi connectivity index (χ2n) is 7.23. The van der Waals surface area contributed by atoms with Crippen LogP contribution in [0.2, 0.25) is 18.1 Å². The summed E-state index contributed by atoms with van der Waals surface area (Å²) in [5.74, 6) is 0. The molecule has 0 bridgehead atoms. The zero-order valence-corrected chi connectivity index (χ0v) is 14.9. The van der Waals surface area contributed by atoms with E-state index in [4.69, 9.17) is 9.53 Å². The number of aromatic nitrogens is 1. The van der Waals surface area contributed by atoms with Crippen LogP contribution in [0.3, 0.4) is 0 Å². The maximum atomic E-state index is 10.7. The van der Waals surface area contributed by atoms with Crippen LogP contribution in [0.1, 0.15) is 26.5 Å². The Morgan fingerprint density at radius 1 is 1.50 bits per heavy atom. The Hall–Kier alpha value is -1.60. The summed E-state index contributed by atoms with van der Waals surface area (Å²) in [6, 6.07) is 1.78. The number of pyridine rings is 1. The number of hydrogen-bond acceptors (Lipinski definition) is 4. The summed E-state index contributed by atoms with van der Waals surface area (Å²) < 4.78 is 6.42. The first-order valence-electron chi connectivity index (χ1n) is 7.49. The van der Waals surface area contributed by atoms with Gasteiger partial charge in [0.1, 0.15) is 0 Å². The molecule has 0 saturated carbocycles. The summed E-state index contributed by atoms with van der Waals surface area (Å²) in [7, 11) is -1.80. The molecular formula is C15H25N3O3Si. The molecule has 0 aromatic carbocycles. The molecule has 0 aliphatic carbocycles. The highest BCUT2D eigenvalue weighted by molar-refractivity contribution is 6.74. The molecule has 1 aliphatic heterocycles. The van der Waals surface area contributed by atoms with Crippen LogP contribution in [0.5, 0.6) is 0 Å². The molecule has 7 heteroatoms. The lowest BCUT2D eigenvalue weighted by atomic mass is 10.1. The van der Waals surface area contributed by atoms with Crippen LogP contribution in [-0.2, 0) is 10.8 Å². The van der Waals surface area contributed by atoms with Gasteiger partial charge in [-0.05, 0) is 24.2 Å². The lowest BCUT2D eigenvalue weighted by Gasteiger charge is -2.40. The molecule has 1 atom stereocenters. The Morgan fingerprint density at radius 2 is 2.18 bits per heavy atom. The molecule has 0 fully saturated rings. The van der Waals surface area contributed by atoms with Crippen LogP contribution in [0.25, 0.3) is 0 Å². The zero-order chi connectivity index (χ0) is 16.5. The van der Waals surface area contributed by atoms with Gasteiger partial charge in [0.25, 0.3) is 0 Å². The molecule has 2 rings (SSSR count). The van der Waals surface area contributed by atoms with Crippen LogP contribution in [0, 0.1) is 0 Å². The van der Waals surface area contributed by atoms with E-state index in [9.17, 15) is 4.79 Å². The fourth-order valence-electron chi connectivity index (χ4n) is 2.19. The third-order valence-corrected chi connectivity index (χ3v) is 8.97. The van der Waals surface area contributed by atoms with Crippen molar-refractivity contribution in [1.29, 1.82) is 0 Å². The standard InChI is InChI=1S/C15H25N3O3Si/c1-15(2,3)22(4,5)21-11-7-13-12(17-9-11)6-10(8-16-13)18-14(19)20/h6,8,11,17-18H,7,9H2,1-5H3,(H,19,20). The molecule has 1 aliphatic rings. The Morgan fingerprint density at radius 3 is 2.77 bits per heavy atom. The molecule has 1 aromatic rings. The van der Waals surface area contributed by atoms with Crippen molar-refractivity contribution in [3.63, 3.8) is 0 Å². The van der Waals surface area contributed by atoms with Gasteiger partial charge in [-0.1, -0.05) is 20.8 Å². The number of carbonyl (C=O) groups is 1. The predicted molar refractivity (Wildman–Crippen MR) is 90.1 cm³/mol. The summed E-state index contributed by atoms with van der Waals surface area (Å²) in [6.07, 6.45) is 1.32. The number of amides is 1. The van der Waals surface area contributed by atoms with Crippen LogP contribution < -0.4 is 10.6 Å². The minimum Gasteiger partial charge on any atom is -0.465 e. The molecule has 1 amide bonds. The van der Waals surface area contributed by atoms with E-state index in [1.807, 2.05) is 0 Å². The molecule has 0 spiro atoms. The van der Waals surface area contributed by atoms with Crippen LogP contribution >= 0.6 is 0 Å². The van der Waals surface area contributed by atoms with Crippen LogP contribution in [-0.4, -0.2) is 37.1 Å². The van der Waals surface area contributed by atoms with E-state index < -0.39 is 14.4 Å². The molecule has 22 heavy (non-hydrogen) atoms. The molecule has 122 valence electrons. The van der Waals surface area contributed by atoms with Gasteiger partial charge in [0.05, 0.1) is 29.4 Å². The monoisotopic (exact) mass is 323 g/mol. The van der Waals surface area contributed by atoms with Crippen molar-refractivity contribution in [3.05, 3.63) is 18.0 Å². The fraction of sp³-hybridized carbons (Fsp3) is 0.600. The van der Waals surface area contributed by atoms with E-state index in [1.54, 1.807) is 12.3 Å². The quantitative estimate of drug-likeness (QED) is 0.741. The fourth-order valence-corrected chi connectivity index (χ4v) is 3.54. The van der Waals surface area contributed by atoms with Gasteiger partial charge in [-0.2, -0.15) is 0 Å². The average molecular weight is 323 g/mol. The maximum absolute atomic E-state index is 10.7. The second-order valence-corrected chi connectivity index (χ2v) is 12.0. The molecule has 2 heterocycles. The van der Waals surface area contributed by atoms with Crippen LogP contribution in [0.4, 0.5) is 16.2 Å². The molecule has 0 radical (unpaired) electrons. The number of carboxylic acid groups (broad SMARTS) is 1. The van der Waals surface area contributed by atoms with Gasteiger partial charge in [-0.15, -0.1) is 0 Å². The van der Waals surface area contributed by atoms with Crippen molar-refractivity contribution < 1.29 is 14.3 Å². The van der Waals surface area contributed by atoms with E-state index in [-0.39, 0.29) is 11.1 Å². The molecule has 6 nitrogen and oxygen atoms in total. The number of nitrogens with one attached hydrogen (secondary N) is 2. The van der Waals surface area contributed by atoms with Crippen molar-refractivity contribution >= 4 is 25.8 Å². The molecule has 1 unspecified atom stereocenters. The van der Waals surface area contributed by atoms with Gasteiger partial charge in [-0.25, -0.2) is 4.79 Å².